The van der Waals surface area contributed by atoms with Gasteiger partial charge in [0.2, 0.25) is 0 Å². The molecule has 4 aliphatic carbocycles. The average molecular weight is 350 g/mol. The van der Waals surface area contributed by atoms with Crippen molar-refractivity contribution in [2.75, 3.05) is 6.61 Å². The summed E-state index contributed by atoms with van der Waals surface area (Å²) >= 11 is 0. The Hall–Kier alpha value is -0.450. The lowest BCUT2D eigenvalue weighted by molar-refractivity contribution is -0.175. The van der Waals surface area contributed by atoms with E-state index in [2.05, 4.69) is 13.8 Å². The van der Waals surface area contributed by atoms with E-state index >= 15 is 0 Å². The number of fused-ring (bicyclic) bond motifs is 5. The SMILES string of the molecule is CC12CCC3C(C(O)CC4(N)CC(=O)CCC34C)C1CCC2CCO. The van der Waals surface area contributed by atoms with Crippen LogP contribution in [0.15, 0.2) is 0 Å². The van der Waals surface area contributed by atoms with E-state index in [9.17, 15) is 15.0 Å². The van der Waals surface area contributed by atoms with Gasteiger partial charge >= 0.3 is 0 Å². The summed E-state index contributed by atoms with van der Waals surface area (Å²) in [5.74, 6) is 2.14. The lowest BCUT2D eigenvalue weighted by Gasteiger charge is -2.65. The molecule has 0 aromatic rings. The highest BCUT2D eigenvalue weighted by molar-refractivity contribution is 5.81. The van der Waals surface area contributed by atoms with Crippen molar-refractivity contribution in [1.82, 2.24) is 0 Å². The van der Waals surface area contributed by atoms with Crippen molar-refractivity contribution in [1.29, 1.82) is 0 Å². The average Bonchev–Trinajstić information content (AvgIpc) is 2.86. The number of aliphatic hydroxyl groups is 2. The Kier molecular flexibility index (Phi) is 4.14. The van der Waals surface area contributed by atoms with Crippen LogP contribution >= 0.6 is 0 Å². The molecule has 0 spiro atoms. The van der Waals surface area contributed by atoms with Gasteiger partial charge < -0.3 is 15.9 Å². The van der Waals surface area contributed by atoms with Gasteiger partial charge in [-0.1, -0.05) is 13.8 Å². The van der Waals surface area contributed by atoms with Crippen molar-refractivity contribution in [2.24, 2.45) is 40.2 Å². The molecule has 0 aromatic heterocycles. The summed E-state index contributed by atoms with van der Waals surface area (Å²) in [6, 6.07) is 0. The molecule has 0 aliphatic heterocycles. The number of Topliss-reactive ketones (excluding diaryl/α,β-unsaturated/α-hetero) is 1. The number of carbonyl (C=O) groups is 1. The van der Waals surface area contributed by atoms with Crippen LogP contribution in [0.3, 0.4) is 0 Å². The zero-order chi connectivity index (χ0) is 18.0. The standard InChI is InChI=1S/C21H35NO3/c1-19-8-6-16-18(15(19)4-3-13(19)7-10-23)17(25)12-21(22)11-14(24)5-9-20(16,21)2/h13,15-18,23,25H,3-12,22H2,1-2H3. The first-order valence-corrected chi connectivity index (χ1v) is 10.3. The molecule has 4 nitrogen and oxygen atoms in total. The monoisotopic (exact) mass is 349 g/mol. The number of rotatable bonds is 2. The van der Waals surface area contributed by atoms with Gasteiger partial charge in [-0.3, -0.25) is 4.79 Å². The Labute approximate surface area is 151 Å². The smallest absolute Gasteiger partial charge is 0.134 e. The molecule has 8 unspecified atom stereocenters. The van der Waals surface area contributed by atoms with E-state index in [1.54, 1.807) is 0 Å². The molecule has 4 rings (SSSR count). The first-order valence-electron chi connectivity index (χ1n) is 10.3. The second-order valence-electron chi connectivity index (χ2n) is 10.2. The molecule has 4 heteroatoms. The molecule has 0 heterocycles. The molecule has 4 aliphatic rings. The summed E-state index contributed by atoms with van der Waals surface area (Å²) in [7, 11) is 0. The number of hydrogen-bond donors (Lipinski definition) is 3. The second-order valence-corrected chi connectivity index (χ2v) is 10.2. The van der Waals surface area contributed by atoms with Gasteiger partial charge in [0.15, 0.2) is 0 Å². The largest absolute Gasteiger partial charge is 0.396 e. The number of aliphatic hydroxyl groups excluding tert-OH is 2. The van der Waals surface area contributed by atoms with E-state index < -0.39 is 5.54 Å². The molecule has 0 amide bonds. The third-order valence-corrected chi connectivity index (χ3v) is 9.42. The minimum Gasteiger partial charge on any atom is -0.396 e. The van der Waals surface area contributed by atoms with Gasteiger partial charge in [0, 0.05) is 25.0 Å². The van der Waals surface area contributed by atoms with Crippen LogP contribution in [0.2, 0.25) is 0 Å². The molecule has 142 valence electrons. The van der Waals surface area contributed by atoms with Gasteiger partial charge in [-0.15, -0.1) is 0 Å². The Morgan fingerprint density at radius 2 is 1.92 bits per heavy atom. The van der Waals surface area contributed by atoms with Crippen molar-refractivity contribution < 1.29 is 15.0 Å². The maximum Gasteiger partial charge on any atom is 0.134 e. The highest BCUT2D eigenvalue weighted by atomic mass is 16.3. The molecule has 8 atom stereocenters. The topological polar surface area (TPSA) is 83.5 Å². The Bertz CT molecular complexity index is 565. The molecule has 4 fully saturated rings. The first kappa shape index (κ1) is 17.9. The van der Waals surface area contributed by atoms with Crippen molar-refractivity contribution in [3.8, 4) is 0 Å². The molecule has 0 radical (unpaired) electrons. The van der Waals surface area contributed by atoms with Crippen LogP contribution in [0.1, 0.15) is 71.6 Å². The van der Waals surface area contributed by atoms with Crippen LogP contribution in [-0.2, 0) is 4.79 Å². The maximum atomic E-state index is 12.1. The van der Waals surface area contributed by atoms with Gasteiger partial charge in [-0.05, 0) is 79.4 Å². The van der Waals surface area contributed by atoms with E-state index in [1.807, 2.05) is 0 Å². The van der Waals surface area contributed by atoms with Crippen molar-refractivity contribution in [2.45, 2.75) is 83.3 Å². The number of carbonyl (C=O) groups excluding carboxylic acids is 1. The predicted molar refractivity (Wildman–Crippen MR) is 96.7 cm³/mol. The van der Waals surface area contributed by atoms with Gasteiger partial charge in [-0.25, -0.2) is 0 Å². The molecule has 4 saturated carbocycles. The molecular formula is C21H35NO3. The minimum atomic E-state index is -0.528. The number of nitrogens with two attached hydrogens (primary N) is 1. The highest BCUT2D eigenvalue weighted by Crippen LogP contribution is 2.67. The summed E-state index contributed by atoms with van der Waals surface area (Å²) in [4.78, 5) is 12.1. The number of ketones is 1. The molecule has 0 bridgehead atoms. The summed E-state index contributed by atoms with van der Waals surface area (Å²) in [5.41, 5.74) is 6.51. The quantitative estimate of drug-likeness (QED) is 0.716. The second kappa shape index (κ2) is 5.77. The number of hydrogen-bond acceptors (Lipinski definition) is 4. The van der Waals surface area contributed by atoms with Crippen molar-refractivity contribution in [3.63, 3.8) is 0 Å². The lowest BCUT2D eigenvalue weighted by Crippen LogP contribution is -2.69. The minimum absolute atomic E-state index is 0.0266. The molecule has 0 saturated heterocycles. The van der Waals surface area contributed by atoms with Crippen LogP contribution < -0.4 is 5.73 Å². The third-order valence-electron chi connectivity index (χ3n) is 9.42. The summed E-state index contributed by atoms with van der Waals surface area (Å²) < 4.78 is 0. The summed E-state index contributed by atoms with van der Waals surface area (Å²) in [6.07, 6.45) is 7.72. The normalized spacial score (nSPS) is 55.4. The van der Waals surface area contributed by atoms with E-state index in [4.69, 9.17) is 5.73 Å². The first-order chi connectivity index (χ1) is 11.7. The lowest BCUT2D eigenvalue weighted by atomic mass is 9.42. The molecular weight excluding hydrogens is 314 g/mol. The zero-order valence-electron chi connectivity index (χ0n) is 15.8. The predicted octanol–water partition coefficient (Wildman–Crippen LogP) is 2.65. The van der Waals surface area contributed by atoms with E-state index in [1.165, 1.54) is 19.3 Å². The molecule has 0 aromatic carbocycles. The summed E-state index contributed by atoms with van der Waals surface area (Å²) in [5, 5.41) is 20.6. The van der Waals surface area contributed by atoms with Crippen LogP contribution in [0.25, 0.3) is 0 Å². The zero-order valence-corrected chi connectivity index (χ0v) is 15.8. The maximum absolute atomic E-state index is 12.1. The summed E-state index contributed by atoms with van der Waals surface area (Å²) in [6.45, 7) is 4.99. The molecule has 25 heavy (non-hydrogen) atoms. The van der Waals surface area contributed by atoms with Gasteiger partial charge in [0.1, 0.15) is 5.78 Å². The fourth-order valence-corrected chi connectivity index (χ4v) is 7.87. The van der Waals surface area contributed by atoms with E-state index in [-0.39, 0.29) is 29.3 Å². The molecule has 4 N–H and O–H groups in total. The van der Waals surface area contributed by atoms with Crippen LogP contribution in [0.4, 0.5) is 0 Å². The Morgan fingerprint density at radius 3 is 2.64 bits per heavy atom. The fraction of sp³-hybridized carbons (Fsp3) is 0.952. The Balaban J connectivity index is 1.68. The van der Waals surface area contributed by atoms with Crippen molar-refractivity contribution in [3.05, 3.63) is 0 Å². The van der Waals surface area contributed by atoms with Crippen LogP contribution in [0.5, 0.6) is 0 Å². The van der Waals surface area contributed by atoms with Crippen LogP contribution in [-0.4, -0.2) is 34.2 Å². The Morgan fingerprint density at radius 1 is 1.16 bits per heavy atom. The van der Waals surface area contributed by atoms with E-state index in [0.29, 0.717) is 42.9 Å². The van der Waals surface area contributed by atoms with Crippen LogP contribution in [0, 0.1) is 34.5 Å². The van der Waals surface area contributed by atoms with E-state index in [0.717, 1.165) is 19.3 Å². The third kappa shape index (κ3) is 2.33. The fourth-order valence-electron chi connectivity index (χ4n) is 7.87. The van der Waals surface area contributed by atoms with Gasteiger partial charge in [0.05, 0.1) is 6.10 Å². The van der Waals surface area contributed by atoms with Crippen molar-refractivity contribution >= 4 is 5.78 Å². The van der Waals surface area contributed by atoms with Gasteiger partial charge in [0.25, 0.3) is 0 Å². The highest BCUT2D eigenvalue weighted by Gasteiger charge is 2.65. The van der Waals surface area contributed by atoms with Gasteiger partial charge in [-0.2, -0.15) is 0 Å².